The van der Waals surface area contributed by atoms with E-state index in [2.05, 4.69) is 27.9 Å². The summed E-state index contributed by atoms with van der Waals surface area (Å²) >= 11 is 2.20. The van der Waals surface area contributed by atoms with Crippen molar-refractivity contribution in [3.05, 3.63) is 0 Å². The molecule has 9 heavy (non-hydrogen) atoms. The van der Waals surface area contributed by atoms with Crippen LogP contribution in [0.5, 0.6) is 0 Å². The Balaban J connectivity index is 2.09. The van der Waals surface area contributed by atoms with Crippen LogP contribution < -0.4 is 5.32 Å². The van der Waals surface area contributed by atoms with E-state index in [9.17, 15) is 5.11 Å². The summed E-state index contributed by atoms with van der Waals surface area (Å²) in [6, 6.07) is 0. The third-order valence-corrected chi connectivity index (χ3v) is 1.83. The second kappa shape index (κ2) is 3.14. The van der Waals surface area contributed by atoms with Crippen molar-refractivity contribution in [3.8, 4) is 0 Å². The van der Waals surface area contributed by atoms with Gasteiger partial charge in [0, 0.05) is 11.1 Å². The van der Waals surface area contributed by atoms with Crippen LogP contribution in [-0.4, -0.2) is 35.0 Å². The highest BCUT2D eigenvalue weighted by Crippen LogP contribution is 2.14. The molecule has 3 nitrogen and oxygen atoms in total. The average molecular weight is 243 g/mol. The number of halogens is 1. The number of hydrogen-bond acceptors (Lipinski definition) is 3. The summed E-state index contributed by atoms with van der Waals surface area (Å²) in [5.41, 5.74) is -0.564. The van der Waals surface area contributed by atoms with Gasteiger partial charge in [0.25, 0.3) is 0 Å². The molecule has 0 aromatic heterocycles. The summed E-state index contributed by atoms with van der Waals surface area (Å²) < 4.78 is 5.72. The van der Waals surface area contributed by atoms with E-state index in [4.69, 9.17) is 4.74 Å². The second-order valence-corrected chi connectivity index (χ2v) is 3.04. The van der Waals surface area contributed by atoms with E-state index in [0.29, 0.717) is 19.8 Å². The lowest BCUT2D eigenvalue weighted by Crippen LogP contribution is -2.55. The van der Waals surface area contributed by atoms with Gasteiger partial charge in [0.1, 0.15) is 5.60 Å². The normalized spacial score (nSPS) is 23.3. The maximum absolute atomic E-state index is 9.35. The Morgan fingerprint density at radius 3 is 2.67 bits per heavy atom. The van der Waals surface area contributed by atoms with Crippen LogP contribution in [0.2, 0.25) is 0 Å². The van der Waals surface area contributed by atoms with Crippen molar-refractivity contribution in [3.63, 3.8) is 0 Å². The zero-order valence-corrected chi connectivity index (χ0v) is 7.22. The molecule has 0 aliphatic carbocycles. The van der Waals surface area contributed by atoms with Crippen molar-refractivity contribution in [2.45, 2.75) is 5.60 Å². The monoisotopic (exact) mass is 243 g/mol. The van der Waals surface area contributed by atoms with Crippen LogP contribution in [0.25, 0.3) is 0 Å². The van der Waals surface area contributed by atoms with Crippen molar-refractivity contribution in [2.24, 2.45) is 0 Å². The number of aliphatic hydroxyl groups is 1. The fourth-order valence-corrected chi connectivity index (χ4v) is 0.989. The summed E-state index contributed by atoms with van der Waals surface area (Å²) in [6.07, 6.45) is 0. The first-order chi connectivity index (χ1) is 4.27. The highest BCUT2D eigenvalue weighted by atomic mass is 127. The molecule has 1 aliphatic rings. The van der Waals surface area contributed by atoms with Gasteiger partial charge < -0.3 is 15.2 Å². The van der Waals surface area contributed by atoms with E-state index in [0.717, 1.165) is 4.55 Å². The molecule has 0 saturated carbocycles. The molecule has 0 amide bonds. The van der Waals surface area contributed by atoms with Gasteiger partial charge in [-0.2, -0.15) is 0 Å². The fraction of sp³-hybridized carbons (Fsp3) is 1.00. The molecule has 0 atom stereocenters. The summed E-state index contributed by atoms with van der Waals surface area (Å²) in [7, 11) is 0. The van der Waals surface area contributed by atoms with E-state index in [1.165, 1.54) is 0 Å². The smallest absolute Gasteiger partial charge is 0.123 e. The largest absolute Gasteiger partial charge is 0.384 e. The van der Waals surface area contributed by atoms with Gasteiger partial charge in [0.15, 0.2) is 0 Å². The lowest BCUT2D eigenvalue weighted by Gasteiger charge is -2.36. The first-order valence-corrected chi connectivity index (χ1v) is 4.36. The molecular formula is C5H10INO2. The molecule has 1 saturated heterocycles. The minimum atomic E-state index is -0.564. The number of ether oxygens (including phenoxy) is 1. The van der Waals surface area contributed by atoms with Crippen molar-refractivity contribution in [1.29, 1.82) is 0 Å². The minimum absolute atomic E-state index is 0.483. The first-order valence-electron chi connectivity index (χ1n) is 2.84. The first kappa shape index (κ1) is 7.71. The Hall–Kier alpha value is 0.610. The van der Waals surface area contributed by atoms with Gasteiger partial charge in [-0.25, -0.2) is 0 Å². The van der Waals surface area contributed by atoms with Crippen LogP contribution in [-0.2, 0) is 4.74 Å². The molecule has 1 rings (SSSR count). The third-order valence-electron chi connectivity index (χ3n) is 1.29. The quantitative estimate of drug-likeness (QED) is 0.407. The topological polar surface area (TPSA) is 41.5 Å². The predicted octanol–water partition coefficient (Wildman–Crippen LogP) is -0.270. The lowest BCUT2D eigenvalue weighted by molar-refractivity contribution is -0.174. The zero-order chi connectivity index (χ0) is 6.74. The Morgan fingerprint density at radius 1 is 1.67 bits per heavy atom. The molecule has 0 aromatic carbocycles. The number of alkyl halides is 1. The van der Waals surface area contributed by atoms with Gasteiger partial charge in [-0.05, 0) is 0 Å². The molecule has 2 N–H and O–H groups in total. The van der Waals surface area contributed by atoms with Crippen molar-refractivity contribution >= 4 is 22.6 Å². The SMILES string of the molecule is OC1(CNCI)COC1. The standard InChI is InChI=1S/C5H10INO2/c6-4-7-1-5(8)2-9-3-5/h7-8H,1-4H2. The summed E-state index contributed by atoms with van der Waals surface area (Å²) in [5.74, 6) is 0. The highest BCUT2D eigenvalue weighted by molar-refractivity contribution is 14.1. The van der Waals surface area contributed by atoms with E-state index in [1.807, 2.05) is 0 Å². The third kappa shape index (κ3) is 2.03. The molecular weight excluding hydrogens is 233 g/mol. The van der Waals surface area contributed by atoms with Gasteiger partial charge in [0.2, 0.25) is 0 Å². The van der Waals surface area contributed by atoms with Crippen molar-refractivity contribution in [2.75, 3.05) is 24.3 Å². The predicted molar refractivity (Wildman–Crippen MR) is 42.7 cm³/mol. The van der Waals surface area contributed by atoms with E-state index < -0.39 is 5.60 Å². The number of rotatable bonds is 3. The van der Waals surface area contributed by atoms with Gasteiger partial charge in [-0.1, -0.05) is 22.6 Å². The molecule has 4 heteroatoms. The summed E-state index contributed by atoms with van der Waals surface area (Å²) in [4.78, 5) is 0. The zero-order valence-electron chi connectivity index (χ0n) is 5.06. The molecule has 1 heterocycles. The molecule has 1 fully saturated rings. The Kier molecular flexibility index (Phi) is 2.69. The number of hydrogen-bond donors (Lipinski definition) is 2. The summed E-state index contributed by atoms with van der Waals surface area (Å²) in [5, 5.41) is 12.4. The molecule has 0 radical (unpaired) electrons. The maximum Gasteiger partial charge on any atom is 0.123 e. The molecule has 0 bridgehead atoms. The van der Waals surface area contributed by atoms with Crippen molar-refractivity contribution in [1.82, 2.24) is 5.32 Å². The van der Waals surface area contributed by atoms with Crippen LogP contribution in [0.1, 0.15) is 0 Å². The fourth-order valence-electron chi connectivity index (χ4n) is 0.720. The second-order valence-electron chi connectivity index (χ2n) is 2.28. The van der Waals surface area contributed by atoms with E-state index in [-0.39, 0.29) is 0 Å². The van der Waals surface area contributed by atoms with E-state index in [1.54, 1.807) is 0 Å². The molecule has 54 valence electrons. The van der Waals surface area contributed by atoms with Gasteiger partial charge >= 0.3 is 0 Å². The lowest BCUT2D eigenvalue weighted by atomic mass is 10.0. The highest BCUT2D eigenvalue weighted by Gasteiger charge is 2.35. The van der Waals surface area contributed by atoms with Crippen LogP contribution in [0.15, 0.2) is 0 Å². The molecule has 0 spiro atoms. The Morgan fingerprint density at radius 2 is 2.33 bits per heavy atom. The van der Waals surface area contributed by atoms with Crippen LogP contribution >= 0.6 is 22.6 Å². The van der Waals surface area contributed by atoms with Crippen LogP contribution in [0.4, 0.5) is 0 Å². The molecule has 1 aliphatic heterocycles. The molecule has 0 unspecified atom stereocenters. The molecule has 0 aromatic rings. The number of nitrogens with one attached hydrogen (secondary N) is 1. The van der Waals surface area contributed by atoms with Crippen LogP contribution in [0.3, 0.4) is 0 Å². The Labute approximate surface area is 67.9 Å². The van der Waals surface area contributed by atoms with Crippen LogP contribution in [0, 0.1) is 0 Å². The van der Waals surface area contributed by atoms with E-state index >= 15 is 0 Å². The maximum atomic E-state index is 9.35. The van der Waals surface area contributed by atoms with Gasteiger partial charge in [-0.3, -0.25) is 0 Å². The minimum Gasteiger partial charge on any atom is -0.384 e. The van der Waals surface area contributed by atoms with Crippen molar-refractivity contribution < 1.29 is 9.84 Å². The van der Waals surface area contributed by atoms with Gasteiger partial charge in [0.05, 0.1) is 13.2 Å². The Bertz CT molecular complexity index is 95.0. The summed E-state index contributed by atoms with van der Waals surface area (Å²) in [6.45, 7) is 1.61. The van der Waals surface area contributed by atoms with Gasteiger partial charge in [-0.15, -0.1) is 0 Å². The average Bonchev–Trinajstić information content (AvgIpc) is 1.79.